The van der Waals surface area contributed by atoms with Crippen LogP contribution in [0.4, 0.5) is 17.1 Å². The maximum absolute atomic E-state index is 2.83. The van der Waals surface area contributed by atoms with Crippen LogP contribution < -0.4 is 30.3 Å². The molecule has 0 N–H and O–H groups in total. The Labute approximate surface area is 263 Å². The van der Waals surface area contributed by atoms with E-state index in [1.54, 1.807) is 0 Å². The van der Waals surface area contributed by atoms with Crippen LogP contribution in [0.5, 0.6) is 0 Å². The second-order valence-electron chi connectivity index (χ2n) is 13.8. The lowest BCUT2D eigenvalue weighted by atomic mass is 10.1. The van der Waals surface area contributed by atoms with Gasteiger partial charge in [0.2, 0.25) is 0 Å². The molecule has 4 rings (SSSR count). The minimum atomic E-state index is -2.83. The van der Waals surface area contributed by atoms with Gasteiger partial charge in [0.05, 0.1) is 0 Å². The molecule has 1 aliphatic rings. The van der Waals surface area contributed by atoms with Crippen molar-refractivity contribution in [2.45, 2.75) is 74.8 Å². The van der Waals surface area contributed by atoms with Crippen LogP contribution in [-0.2, 0) is 0 Å². The van der Waals surface area contributed by atoms with E-state index in [1.165, 1.54) is 88.3 Å². The molecule has 0 saturated heterocycles. The van der Waals surface area contributed by atoms with Crippen molar-refractivity contribution in [2.75, 3.05) is 57.0 Å². The Bertz CT molecular complexity index is 1470. The van der Waals surface area contributed by atoms with Crippen LogP contribution in [0.1, 0.15) is 61.1 Å². The molecule has 43 heavy (non-hydrogen) atoms. The van der Waals surface area contributed by atoms with E-state index < -0.39 is 8.07 Å². The zero-order valence-corrected chi connectivity index (χ0v) is 30.9. The van der Waals surface area contributed by atoms with Gasteiger partial charge in [-0.3, -0.25) is 0 Å². The fourth-order valence-corrected chi connectivity index (χ4v) is 15.5. The summed E-state index contributed by atoms with van der Waals surface area (Å²) in [6.07, 6.45) is 0. The molecule has 3 aromatic rings. The van der Waals surface area contributed by atoms with Gasteiger partial charge in [-0.2, -0.15) is 0 Å². The minimum Gasteiger partial charge on any atom is -0.377 e. The van der Waals surface area contributed by atoms with Gasteiger partial charge in [-0.15, -0.1) is 0 Å². The highest BCUT2D eigenvalue weighted by Crippen LogP contribution is 2.48. The predicted molar refractivity (Wildman–Crippen MR) is 196 cm³/mol. The SMILES string of the molecule is CC1=C(C)C([Si](c2ccc(C)c(N(C)C)c2C)(c2ccc(C)c(N(C)C)c2C)c2ccc(C)c(N(C)C)c2C)C(C)=C1C. The third-order valence-electron chi connectivity index (χ3n) is 10.6. The topological polar surface area (TPSA) is 9.72 Å². The number of benzene rings is 3. The summed E-state index contributed by atoms with van der Waals surface area (Å²) >= 11 is 0. The second kappa shape index (κ2) is 11.7. The average Bonchev–Trinajstić information content (AvgIpc) is 3.09. The van der Waals surface area contributed by atoms with E-state index >= 15 is 0 Å². The molecule has 0 heterocycles. The van der Waals surface area contributed by atoms with Crippen LogP contribution in [0.15, 0.2) is 58.7 Å². The molecule has 0 radical (unpaired) electrons. The van der Waals surface area contributed by atoms with E-state index in [4.69, 9.17) is 0 Å². The summed E-state index contributed by atoms with van der Waals surface area (Å²) in [5.74, 6) is 0. The first-order valence-electron chi connectivity index (χ1n) is 15.7. The molecule has 0 amide bonds. The highest BCUT2D eigenvalue weighted by molar-refractivity contribution is 7.14. The molecular formula is C39H55N3Si. The fraction of sp³-hybridized carbons (Fsp3) is 0.436. The first kappa shape index (κ1) is 32.7. The van der Waals surface area contributed by atoms with Crippen molar-refractivity contribution in [3.8, 4) is 0 Å². The highest BCUT2D eigenvalue weighted by Gasteiger charge is 2.53. The molecule has 0 saturated carbocycles. The summed E-state index contributed by atoms with van der Waals surface area (Å²) in [4.78, 5) is 6.97. The first-order chi connectivity index (χ1) is 20.0. The molecule has 0 unspecified atom stereocenters. The van der Waals surface area contributed by atoms with Crippen LogP contribution in [-0.4, -0.2) is 50.4 Å². The van der Waals surface area contributed by atoms with Gasteiger partial charge in [-0.25, -0.2) is 0 Å². The van der Waals surface area contributed by atoms with Gasteiger partial charge in [0.15, 0.2) is 8.07 Å². The molecule has 0 spiro atoms. The normalized spacial score (nSPS) is 14.2. The minimum absolute atomic E-state index is 0.316. The maximum atomic E-state index is 2.51. The van der Waals surface area contributed by atoms with E-state index in [0.717, 1.165) is 0 Å². The largest absolute Gasteiger partial charge is 0.377 e. The molecule has 1 aliphatic carbocycles. The Kier molecular flexibility index (Phi) is 8.88. The quantitative estimate of drug-likeness (QED) is 0.211. The predicted octanol–water partition coefficient (Wildman–Crippen LogP) is 7.26. The number of hydrogen-bond donors (Lipinski definition) is 0. The lowest BCUT2D eigenvalue weighted by molar-refractivity contribution is 1.07. The Morgan fingerprint density at radius 1 is 0.419 bits per heavy atom. The van der Waals surface area contributed by atoms with Crippen molar-refractivity contribution >= 4 is 40.7 Å². The number of nitrogens with zero attached hydrogens (tertiary/aromatic N) is 3. The van der Waals surface area contributed by atoms with E-state index in [-0.39, 0.29) is 0 Å². The van der Waals surface area contributed by atoms with Gasteiger partial charge in [-0.1, -0.05) is 47.5 Å². The van der Waals surface area contributed by atoms with Gasteiger partial charge in [0, 0.05) is 64.9 Å². The van der Waals surface area contributed by atoms with Crippen LogP contribution in [0.25, 0.3) is 0 Å². The summed E-state index contributed by atoms with van der Waals surface area (Å²) in [6.45, 7) is 23.5. The van der Waals surface area contributed by atoms with E-state index in [2.05, 4.69) is 163 Å². The Morgan fingerprint density at radius 2 is 0.674 bits per heavy atom. The van der Waals surface area contributed by atoms with Crippen LogP contribution >= 0.6 is 0 Å². The number of anilines is 3. The zero-order valence-electron chi connectivity index (χ0n) is 29.9. The molecule has 230 valence electrons. The van der Waals surface area contributed by atoms with Gasteiger partial charge < -0.3 is 14.7 Å². The fourth-order valence-electron chi connectivity index (χ4n) is 8.75. The van der Waals surface area contributed by atoms with Crippen molar-refractivity contribution < 1.29 is 0 Å². The van der Waals surface area contributed by atoms with Gasteiger partial charge in [0.25, 0.3) is 0 Å². The van der Waals surface area contributed by atoms with Crippen molar-refractivity contribution in [1.29, 1.82) is 0 Å². The van der Waals surface area contributed by atoms with Gasteiger partial charge in [-0.05, 0) is 129 Å². The Balaban J connectivity index is 2.43. The smallest absolute Gasteiger partial charge is 0.160 e. The summed E-state index contributed by atoms with van der Waals surface area (Å²) in [5.41, 5.74) is 18.6. The number of allylic oxidation sites excluding steroid dienone is 4. The number of aryl methyl sites for hydroxylation is 3. The average molecular weight is 594 g/mol. The van der Waals surface area contributed by atoms with E-state index in [0.29, 0.717) is 5.54 Å². The van der Waals surface area contributed by atoms with E-state index in [9.17, 15) is 0 Å². The highest BCUT2D eigenvalue weighted by atomic mass is 28.3. The summed E-state index contributed by atoms with van der Waals surface area (Å²) in [5, 5.41) is 4.59. The van der Waals surface area contributed by atoms with Crippen LogP contribution in [0.2, 0.25) is 5.54 Å². The second-order valence-corrected chi connectivity index (χ2v) is 17.6. The van der Waals surface area contributed by atoms with E-state index in [1.807, 2.05) is 0 Å². The molecule has 3 nitrogen and oxygen atoms in total. The van der Waals surface area contributed by atoms with Crippen molar-refractivity contribution in [1.82, 2.24) is 0 Å². The Morgan fingerprint density at radius 3 is 0.907 bits per heavy atom. The van der Waals surface area contributed by atoms with Crippen molar-refractivity contribution in [3.05, 3.63) is 92.1 Å². The molecule has 0 bridgehead atoms. The molecule has 3 aromatic carbocycles. The standard InChI is InChI=1S/C39H55N3Si/c1-23-17-20-33(30(8)36(23)40(11)12)43(39-28(6)26(4)27(5)29(39)7,34-21-18-24(2)37(31(34)9)41(13)14)35-22-19-25(3)38(32(35)10)42(15)16/h17-22,39H,1-16H3. The molecule has 0 aliphatic heterocycles. The Hall–Kier alpha value is -3.24. The third-order valence-corrected chi connectivity index (χ3v) is 16.5. The number of hydrogen-bond acceptors (Lipinski definition) is 3. The molecule has 4 heteroatoms. The number of rotatable bonds is 7. The molecule has 0 atom stereocenters. The van der Waals surface area contributed by atoms with Crippen molar-refractivity contribution in [2.24, 2.45) is 0 Å². The summed E-state index contributed by atoms with van der Waals surface area (Å²) in [6, 6.07) is 14.7. The zero-order chi connectivity index (χ0) is 32.3. The monoisotopic (exact) mass is 593 g/mol. The lowest BCUT2D eigenvalue weighted by Gasteiger charge is -2.45. The lowest BCUT2D eigenvalue weighted by Crippen LogP contribution is -2.72. The van der Waals surface area contributed by atoms with Gasteiger partial charge in [0.1, 0.15) is 0 Å². The van der Waals surface area contributed by atoms with Crippen LogP contribution in [0, 0.1) is 41.5 Å². The van der Waals surface area contributed by atoms with Crippen molar-refractivity contribution in [3.63, 3.8) is 0 Å². The summed E-state index contributed by atoms with van der Waals surface area (Å²) < 4.78 is 0. The van der Waals surface area contributed by atoms with Gasteiger partial charge >= 0.3 is 0 Å². The summed E-state index contributed by atoms with van der Waals surface area (Å²) in [7, 11) is 10.4. The van der Waals surface area contributed by atoms with Crippen LogP contribution in [0.3, 0.4) is 0 Å². The molecular weight excluding hydrogens is 539 g/mol. The maximum Gasteiger partial charge on any atom is 0.160 e. The first-order valence-corrected chi connectivity index (χ1v) is 17.8. The molecule has 0 fully saturated rings. The third kappa shape index (κ3) is 4.86. The molecule has 0 aromatic heterocycles.